The number of aldehydes is 1. The molecule has 0 aromatic carbocycles. The Labute approximate surface area is 79.1 Å². The van der Waals surface area contributed by atoms with E-state index in [9.17, 15) is 4.79 Å². The maximum absolute atomic E-state index is 10.3. The molecule has 0 N–H and O–H groups in total. The highest BCUT2D eigenvalue weighted by molar-refractivity contribution is 5.73. The first-order valence-corrected chi connectivity index (χ1v) is 3.81. The van der Waals surface area contributed by atoms with E-state index < -0.39 is 0 Å². The molecule has 0 spiro atoms. The number of aromatic nitrogens is 5. The summed E-state index contributed by atoms with van der Waals surface area (Å²) in [6.45, 7) is 0. The van der Waals surface area contributed by atoms with Gasteiger partial charge in [-0.05, 0) is 0 Å². The third kappa shape index (κ3) is 1.58. The van der Waals surface area contributed by atoms with Crippen LogP contribution in [0.3, 0.4) is 0 Å². The summed E-state index contributed by atoms with van der Waals surface area (Å²) in [5, 5.41) is 7.37. The van der Waals surface area contributed by atoms with Crippen LogP contribution in [0.5, 0.6) is 0 Å². The molecule has 0 bridgehead atoms. The molecule has 6 nitrogen and oxygen atoms in total. The molecule has 68 valence electrons. The van der Waals surface area contributed by atoms with Gasteiger partial charge in [0, 0.05) is 18.6 Å². The van der Waals surface area contributed by atoms with Crippen molar-refractivity contribution in [1.82, 2.24) is 25.1 Å². The third-order valence-corrected chi connectivity index (χ3v) is 1.49. The molecule has 0 saturated heterocycles. The van der Waals surface area contributed by atoms with Crippen LogP contribution in [0.25, 0.3) is 11.6 Å². The molecule has 0 atom stereocenters. The number of rotatable bonds is 2. The third-order valence-electron chi connectivity index (χ3n) is 1.49. The molecule has 2 heterocycles. The van der Waals surface area contributed by atoms with Crippen molar-refractivity contribution < 1.29 is 4.79 Å². The minimum Gasteiger partial charge on any atom is -0.298 e. The number of carbonyl (C=O) groups excluding carboxylic acids is 1. The van der Waals surface area contributed by atoms with Crippen LogP contribution in [0.15, 0.2) is 24.8 Å². The normalized spacial score (nSPS) is 9.71. The summed E-state index contributed by atoms with van der Waals surface area (Å²) in [5.74, 6) is 0.689. The van der Waals surface area contributed by atoms with E-state index >= 15 is 0 Å². The smallest absolute Gasteiger partial charge is 0.219 e. The van der Waals surface area contributed by atoms with Crippen molar-refractivity contribution in [3.05, 3.63) is 30.4 Å². The summed E-state index contributed by atoms with van der Waals surface area (Å²) >= 11 is 0. The zero-order chi connectivity index (χ0) is 9.80. The molecule has 0 amide bonds. The van der Waals surface area contributed by atoms with Crippen LogP contribution >= 0.6 is 0 Å². The summed E-state index contributed by atoms with van der Waals surface area (Å²) in [6.07, 6.45) is 6.45. The first-order valence-electron chi connectivity index (χ1n) is 3.81. The van der Waals surface area contributed by atoms with Gasteiger partial charge in [0.15, 0.2) is 12.1 Å². The van der Waals surface area contributed by atoms with Gasteiger partial charge in [0.25, 0.3) is 0 Å². The summed E-state index contributed by atoms with van der Waals surface area (Å²) in [7, 11) is 0. The van der Waals surface area contributed by atoms with Crippen LogP contribution in [0.2, 0.25) is 0 Å². The van der Waals surface area contributed by atoms with Gasteiger partial charge in [-0.15, -0.1) is 5.10 Å². The predicted octanol–water partition coefficient (Wildman–Crippen LogP) is 0.141. The van der Waals surface area contributed by atoms with E-state index in [0.29, 0.717) is 23.5 Å². The Balaban J connectivity index is 2.39. The summed E-state index contributed by atoms with van der Waals surface area (Å²) < 4.78 is 0. The Morgan fingerprint density at radius 1 is 1.00 bits per heavy atom. The van der Waals surface area contributed by atoms with Gasteiger partial charge in [-0.3, -0.25) is 4.79 Å². The van der Waals surface area contributed by atoms with Gasteiger partial charge in [-0.1, -0.05) is 0 Å². The van der Waals surface area contributed by atoms with E-state index in [4.69, 9.17) is 0 Å². The molecule has 0 aliphatic heterocycles. The monoisotopic (exact) mass is 187 g/mol. The fourth-order valence-electron chi connectivity index (χ4n) is 0.864. The number of hydrogen-bond acceptors (Lipinski definition) is 6. The van der Waals surface area contributed by atoms with Crippen molar-refractivity contribution >= 4 is 6.29 Å². The summed E-state index contributed by atoms with van der Waals surface area (Å²) in [6, 6.07) is 0. The van der Waals surface area contributed by atoms with Gasteiger partial charge in [0.1, 0.15) is 0 Å². The lowest BCUT2D eigenvalue weighted by Crippen LogP contribution is -1.96. The molecule has 0 unspecified atom stereocenters. The minimum atomic E-state index is 0.338. The topological polar surface area (TPSA) is 81.5 Å². The van der Waals surface area contributed by atoms with Crippen LogP contribution < -0.4 is 0 Å². The van der Waals surface area contributed by atoms with E-state index in [1.54, 1.807) is 0 Å². The van der Waals surface area contributed by atoms with Crippen molar-refractivity contribution in [1.29, 1.82) is 0 Å². The average molecular weight is 187 g/mol. The van der Waals surface area contributed by atoms with E-state index in [0.717, 1.165) is 0 Å². The Morgan fingerprint density at radius 2 is 1.79 bits per heavy atom. The van der Waals surface area contributed by atoms with Crippen molar-refractivity contribution in [2.75, 3.05) is 0 Å². The first kappa shape index (κ1) is 8.36. The lowest BCUT2D eigenvalue weighted by molar-refractivity contribution is 0.112. The second-order valence-electron chi connectivity index (χ2n) is 2.42. The van der Waals surface area contributed by atoms with Gasteiger partial charge in [0.2, 0.25) is 5.82 Å². The standard InChI is InChI=1S/C8H5N5O/c14-5-6-3-10-7(11-4-6)8-9-1-2-12-13-8/h1-5H. The van der Waals surface area contributed by atoms with Crippen molar-refractivity contribution in [2.24, 2.45) is 0 Å². The molecule has 0 aliphatic carbocycles. The van der Waals surface area contributed by atoms with Crippen LogP contribution in [0.1, 0.15) is 10.4 Å². The maximum Gasteiger partial charge on any atom is 0.219 e. The Kier molecular flexibility index (Phi) is 2.18. The second kappa shape index (κ2) is 3.65. The lowest BCUT2D eigenvalue weighted by atomic mass is 10.4. The van der Waals surface area contributed by atoms with Crippen molar-refractivity contribution in [3.63, 3.8) is 0 Å². The molecule has 2 aromatic rings. The quantitative estimate of drug-likeness (QED) is 0.622. The van der Waals surface area contributed by atoms with Crippen LogP contribution in [-0.2, 0) is 0 Å². The van der Waals surface area contributed by atoms with E-state index in [2.05, 4.69) is 25.1 Å². The SMILES string of the molecule is O=Cc1cnc(-c2nccnn2)nc1. The molecule has 0 radical (unpaired) electrons. The molecular weight excluding hydrogens is 182 g/mol. The largest absolute Gasteiger partial charge is 0.298 e. The Hall–Kier alpha value is -2.24. The van der Waals surface area contributed by atoms with Crippen molar-refractivity contribution in [2.45, 2.75) is 0 Å². The van der Waals surface area contributed by atoms with E-state index in [-0.39, 0.29) is 0 Å². The van der Waals surface area contributed by atoms with E-state index in [1.165, 1.54) is 24.8 Å². The average Bonchev–Trinajstić information content (AvgIpc) is 2.30. The second-order valence-corrected chi connectivity index (χ2v) is 2.42. The van der Waals surface area contributed by atoms with Gasteiger partial charge in [-0.2, -0.15) is 5.10 Å². The summed E-state index contributed by atoms with van der Waals surface area (Å²) in [5.41, 5.74) is 0.414. The molecule has 0 aliphatic rings. The molecule has 2 aromatic heterocycles. The van der Waals surface area contributed by atoms with Gasteiger partial charge < -0.3 is 0 Å². The molecule has 6 heteroatoms. The number of nitrogens with zero attached hydrogens (tertiary/aromatic N) is 5. The van der Waals surface area contributed by atoms with Gasteiger partial charge in [-0.25, -0.2) is 15.0 Å². The Bertz CT molecular complexity index is 427. The molecule has 0 saturated carbocycles. The first-order chi connectivity index (χ1) is 6.90. The minimum absolute atomic E-state index is 0.338. The van der Waals surface area contributed by atoms with Gasteiger partial charge in [0.05, 0.1) is 11.8 Å². The molecule has 14 heavy (non-hydrogen) atoms. The van der Waals surface area contributed by atoms with Crippen LogP contribution in [-0.4, -0.2) is 31.4 Å². The fourth-order valence-corrected chi connectivity index (χ4v) is 0.864. The lowest BCUT2D eigenvalue weighted by Gasteiger charge is -1.95. The zero-order valence-electron chi connectivity index (χ0n) is 7.03. The van der Waals surface area contributed by atoms with Crippen LogP contribution in [0.4, 0.5) is 0 Å². The molecular formula is C8H5N5O. The number of hydrogen-bond donors (Lipinski definition) is 0. The highest BCUT2D eigenvalue weighted by atomic mass is 16.1. The summed E-state index contributed by atoms with van der Waals surface area (Å²) in [4.78, 5) is 22.1. The highest BCUT2D eigenvalue weighted by Gasteiger charge is 2.03. The van der Waals surface area contributed by atoms with Crippen LogP contribution in [0, 0.1) is 0 Å². The number of carbonyl (C=O) groups is 1. The van der Waals surface area contributed by atoms with Crippen molar-refractivity contribution in [3.8, 4) is 11.6 Å². The zero-order valence-corrected chi connectivity index (χ0v) is 7.03. The predicted molar refractivity (Wildman–Crippen MR) is 46.2 cm³/mol. The fraction of sp³-hybridized carbons (Fsp3) is 0. The maximum atomic E-state index is 10.3. The van der Waals surface area contributed by atoms with E-state index in [1.807, 2.05) is 0 Å². The highest BCUT2D eigenvalue weighted by Crippen LogP contribution is 2.04. The molecule has 0 fully saturated rings. The molecule has 2 rings (SSSR count). The Morgan fingerprint density at radius 3 is 2.36 bits per heavy atom. The van der Waals surface area contributed by atoms with Gasteiger partial charge >= 0.3 is 0 Å².